The Bertz CT molecular complexity index is 599. The minimum Gasteiger partial charge on any atom is -0.348 e. The van der Waals surface area contributed by atoms with Crippen molar-refractivity contribution < 1.29 is 9.18 Å². The standard InChI is InChI=1S/C17H22FN3OS/c1-13-12-19-17(23-13)21-9-7-20(8-10-21)16(22)6-5-14-3-2-4-15(18)11-14/h2-4,11,13H,5-10,12H2,1H3/t13-/m0/s1. The molecule has 1 aromatic carbocycles. The Morgan fingerprint density at radius 2 is 2.13 bits per heavy atom. The molecule has 4 nitrogen and oxygen atoms in total. The molecule has 2 aliphatic rings. The normalized spacial score (nSPS) is 21.5. The number of benzene rings is 1. The van der Waals surface area contributed by atoms with Gasteiger partial charge in [0.25, 0.3) is 0 Å². The molecular weight excluding hydrogens is 313 g/mol. The van der Waals surface area contributed by atoms with Crippen LogP contribution in [0.4, 0.5) is 4.39 Å². The number of amides is 1. The molecule has 0 spiro atoms. The number of carbonyl (C=O) groups excluding carboxylic acids is 1. The van der Waals surface area contributed by atoms with Gasteiger partial charge in [0.2, 0.25) is 5.91 Å². The number of aliphatic imine (C=N–C) groups is 1. The van der Waals surface area contributed by atoms with Crippen LogP contribution in [0, 0.1) is 5.82 Å². The van der Waals surface area contributed by atoms with Gasteiger partial charge in [-0.15, -0.1) is 0 Å². The van der Waals surface area contributed by atoms with Crippen LogP contribution in [0.15, 0.2) is 29.3 Å². The molecule has 0 radical (unpaired) electrons. The third-order valence-electron chi connectivity index (χ3n) is 4.21. The number of hydrogen-bond acceptors (Lipinski definition) is 4. The molecule has 0 aromatic heterocycles. The average molecular weight is 335 g/mol. The van der Waals surface area contributed by atoms with Gasteiger partial charge in [0.05, 0.1) is 6.54 Å². The predicted octanol–water partition coefficient (Wildman–Crippen LogP) is 2.39. The van der Waals surface area contributed by atoms with E-state index in [4.69, 9.17) is 0 Å². The van der Waals surface area contributed by atoms with E-state index in [9.17, 15) is 9.18 Å². The second-order valence-corrected chi connectivity index (χ2v) is 7.46. The van der Waals surface area contributed by atoms with E-state index < -0.39 is 0 Å². The molecule has 0 bridgehead atoms. The smallest absolute Gasteiger partial charge is 0.223 e. The Labute approximate surface area is 140 Å². The van der Waals surface area contributed by atoms with Crippen molar-refractivity contribution >= 4 is 22.8 Å². The van der Waals surface area contributed by atoms with Crippen LogP contribution < -0.4 is 0 Å². The third kappa shape index (κ3) is 4.25. The molecule has 3 rings (SSSR count). The Balaban J connectivity index is 1.45. The lowest BCUT2D eigenvalue weighted by atomic mass is 10.1. The third-order valence-corrected chi connectivity index (χ3v) is 5.36. The van der Waals surface area contributed by atoms with Crippen LogP contribution in [-0.2, 0) is 11.2 Å². The van der Waals surface area contributed by atoms with Crippen molar-refractivity contribution in [3.05, 3.63) is 35.6 Å². The molecule has 6 heteroatoms. The molecule has 0 saturated carbocycles. The van der Waals surface area contributed by atoms with Crippen LogP contribution in [0.2, 0.25) is 0 Å². The van der Waals surface area contributed by atoms with Gasteiger partial charge in [0, 0.05) is 37.8 Å². The first-order chi connectivity index (χ1) is 11.1. The SMILES string of the molecule is C[C@H]1CN=C(N2CCN(C(=O)CCc3cccc(F)c3)CC2)S1. The fourth-order valence-electron chi connectivity index (χ4n) is 2.88. The second-order valence-electron chi connectivity index (χ2n) is 6.05. The molecule has 1 saturated heterocycles. The topological polar surface area (TPSA) is 35.9 Å². The van der Waals surface area contributed by atoms with Crippen LogP contribution in [-0.4, -0.2) is 58.8 Å². The molecule has 1 fully saturated rings. The zero-order chi connectivity index (χ0) is 16.2. The van der Waals surface area contributed by atoms with Crippen molar-refractivity contribution in [2.45, 2.75) is 25.0 Å². The summed E-state index contributed by atoms with van der Waals surface area (Å²) in [5.74, 6) is -0.0871. The van der Waals surface area contributed by atoms with Gasteiger partial charge in [0.1, 0.15) is 5.82 Å². The average Bonchev–Trinajstić information content (AvgIpc) is 2.99. The highest BCUT2D eigenvalue weighted by Crippen LogP contribution is 2.23. The molecule has 0 aliphatic carbocycles. The van der Waals surface area contributed by atoms with Gasteiger partial charge in [0.15, 0.2) is 5.17 Å². The summed E-state index contributed by atoms with van der Waals surface area (Å²) in [5.41, 5.74) is 0.877. The Morgan fingerprint density at radius 1 is 1.35 bits per heavy atom. The summed E-state index contributed by atoms with van der Waals surface area (Å²) < 4.78 is 13.2. The maximum Gasteiger partial charge on any atom is 0.223 e. The summed E-state index contributed by atoms with van der Waals surface area (Å²) >= 11 is 1.83. The lowest BCUT2D eigenvalue weighted by Gasteiger charge is -2.35. The fourth-order valence-corrected chi connectivity index (χ4v) is 3.87. The number of nitrogens with zero attached hydrogens (tertiary/aromatic N) is 3. The molecule has 2 heterocycles. The van der Waals surface area contributed by atoms with Gasteiger partial charge >= 0.3 is 0 Å². The van der Waals surface area contributed by atoms with Gasteiger partial charge in [-0.1, -0.05) is 30.8 Å². The summed E-state index contributed by atoms with van der Waals surface area (Å²) in [6, 6.07) is 6.48. The Hall–Kier alpha value is -1.56. The van der Waals surface area contributed by atoms with Crippen LogP contribution in [0.25, 0.3) is 0 Å². The van der Waals surface area contributed by atoms with Gasteiger partial charge in [-0.25, -0.2) is 4.39 Å². The molecule has 124 valence electrons. The first-order valence-corrected chi connectivity index (χ1v) is 8.98. The molecule has 23 heavy (non-hydrogen) atoms. The van der Waals surface area contributed by atoms with E-state index in [1.165, 1.54) is 12.1 Å². The number of thioether (sulfide) groups is 1. The number of hydrogen-bond donors (Lipinski definition) is 0. The monoisotopic (exact) mass is 335 g/mol. The number of carbonyl (C=O) groups is 1. The number of halogens is 1. The number of rotatable bonds is 3. The lowest BCUT2D eigenvalue weighted by molar-refractivity contribution is -0.132. The Kier molecular flexibility index (Phi) is 5.20. The highest BCUT2D eigenvalue weighted by molar-refractivity contribution is 8.14. The van der Waals surface area contributed by atoms with Crippen LogP contribution in [0.5, 0.6) is 0 Å². The van der Waals surface area contributed by atoms with Crippen molar-refractivity contribution in [2.75, 3.05) is 32.7 Å². The molecular formula is C17H22FN3OS. The van der Waals surface area contributed by atoms with Crippen LogP contribution in [0.3, 0.4) is 0 Å². The highest BCUT2D eigenvalue weighted by Gasteiger charge is 2.26. The van der Waals surface area contributed by atoms with E-state index in [-0.39, 0.29) is 11.7 Å². The largest absolute Gasteiger partial charge is 0.348 e. The van der Waals surface area contributed by atoms with E-state index in [1.54, 1.807) is 6.07 Å². The van der Waals surface area contributed by atoms with E-state index in [0.29, 0.717) is 18.1 Å². The summed E-state index contributed by atoms with van der Waals surface area (Å²) in [4.78, 5) is 21.1. The fraction of sp³-hybridized carbons (Fsp3) is 0.529. The van der Waals surface area contributed by atoms with E-state index in [1.807, 2.05) is 22.7 Å². The quantitative estimate of drug-likeness (QED) is 0.851. The minimum atomic E-state index is -0.243. The van der Waals surface area contributed by atoms with Crippen molar-refractivity contribution in [3.8, 4) is 0 Å². The summed E-state index contributed by atoms with van der Waals surface area (Å²) in [6.07, 6.45) is 1.03. The van der Waals surface area contributed by atoms with Crippen LogP contribution in [0.1, 0.15) is 18.9 Å². The van der Waals surface area contributed by atoms with Gasteiger partial charge in [-0.2, -0.15) is 0 Å². The van der Waals surface area contributed by atoms with Crippen molar-refractivity contribution in [1.29, 1.82) is 0 Å². The van der Waals surface area contributed by atoms with Gasteiger partial charge < -0.3 is 9.80 Å². The van der Waals surface area contributed by atoms with E-state index in [0.717, 1.165) is 43.5 Å². The first-order valence-electron chi connectivity index (χ1n) is 8.10. The first kappa shape index (κ1) is 16.3. The molecule has 1 aromatic rings. The van der Waals surface area contributed by atoms with Crippen molar-refractivity contribution in [2.24, 2.45) is 4.99 Å². The maximum absolute atomic E-state index is 13.2. The zero-order valence-corrected chi connectivity index (χ0v) is 14.2. The molecule has 0 N–H and O–H groups in total. The second kappa shape index (κ2) is 7.34. The molecule has 1 atom stereocenters. The maximum atomic E-state index is 13.2. The number of piperazine rings is 1. The zero-order valence-electron chi connectivity index (χ0n) is 13.4. The predicted molar refractivity (Wildman–Crippen MR) is 92.2 cm³/mol. The molecule has 1 amide bonds. The summed E-state index contributed by atoms with van der Waals surface area (Å²) in [5, 5.41) is 1.69. The molecule has 0 unspecified atom stereocenters. The number of amidine groups is 1. The van der Waals surface area contributed by atoms with Gasteiger partial charge in [-0.3, -0.25) is 9.79 Å². The summed E-state index contributed by atoms with van der Waals surface area (Å²) in [7, 11) is 0. The van der Waals surface area contributed by atoms with Crippen molar-refractivity contribution in [3.63, 3.8) is 0 Å². The lowest BCUT2D eigenvalue weighted by Crippen LogP contribution is -2.49. The van der Waals surface area contributed by atoms with Crippen molar-refractivity contribution in [1.82, 2.24) is 9.80 Å². The highest BCUT2D eigenvalue weighted by atomic mass is 32.2. The Morgan fingerprint density at radius 3 is 2.78 bits per heavy atom. The molecule has 2 aliphatic heterocycles. The van der Waals surface area contributed by atoms with Gasteiger partial charge in [-0.05, 0) is 24.1 Å². The number of aryl methyl sites for hydroxylation is 1. The summed E-state index contributed by atoms with van der Waals surface area (Å²) in [6.45, 7) is 6.28. The van der Waals surface area contributed by atoms with E-state index in [2.05, 4.69) is 16.8 Å². The minimum absolute atomic E-state index is 0.156. The van der Waals surface area contributed by atoms with Crippen LogP contribution >= 0.6 is 11.8 Å². The van der Waals surface area contributed by atoms with E-state index >= 15 is 0 Å².